The molecule has 0 unspecified atom stereocenters. The van der Waals surface area contributed by atoms with E-state index in [0.717, 1.165) is 0 Å². The molecule has 1 N–H and O–H groups in total. The van der Waals surface area contributed by atoms with Crippen LogP contribution in [-0.4, -0.2) is 17.3 Å². The molecule has 13 heavy (non-hydrogen) atoms. The van der Waals surface area contributed by atoms with E-state index in [2.05, 4.69) is 0 Å². The summed E-state index contributed by atoms with van der Waals surface area (Å²) in [6.07, 6.45) is 0. The summed E-state index contributed by atoms with van der Waals surface area (Å²) in [6, 6.07) is 5.71. The van der Waals surface area contributed by atoms with Crippen molar-refractivity contribution in [1.82, 2.24) is 0 Å². The molecule has 2 nitrogen and oxygen atoms in total. The van der Waals surface area contributed by atoms with Crippen molar-refractivity contribution in [1.29, 1.82) is 0 Å². The van der Waals surface area contributed by atoms with Gasteiger partial charge in [0.05, 0.1) is 6.61 Å². The topological polar surface area (TPSA) is 29.5 Å². The third-order valence-corrected chi connectivity index (χ3v) is 1.59. The Hall–Kier alpha value is -1.09. The molecule has 0 atom stereocenters. The highest BCUT2D eigenvalue weighted by atomic mass is 19.1. The second-order valence-electron chi connectivity index (χ2n) is 3.47. The number of rotatable bonds is 3. The Morgan fingerprint density at radius 1 is 1.31 bits per heavy atom. The first-order valence-corrected chi connectivity index (χ1v) is 4.09. The van der Waals surface area contributed by atoms with Crippen LogP contribution < -0.4 is 4.74 Å². The first-order valence-electron chi connectivity index (χ1n) is 4.09. The SMILES string of the molecule is CC(C)(CO)Oc1ccc(F)cc1. The zero-order valence-corrected chi connectivity index (χ0v) is 7.75. The molecular formula is C10H13FO2. The average Bonchev–Trinajstić information content (AvgIpc) is 2.09. The zero-order valence-electron chi connectivity index (χ0n) is 7.75. The van der Waals surface area contributed by atoms with Gasteiger partial charge in [0.25, 0.3) is 0 Å². The summed E-state index contributed by atoms with van der Waals surface area (Å²) >= 11 is 0. The minimum Gasteiger partial charge on any atom is -0.485 e. The Morgan fingerprint density at radius 3 is 2.31 bits per heavy atom. The highest BCUT2D eigenvalue weighted by Crippen LogP contribution is 2.17. The van der Waals surface area contributed by atoms with Crippen molar-refractivity contribution in [2.24, 2.45) is 0 Å². The van der Waals surface area contributed by atoms with Crippen LogP contribution in [0.3, 0.4) is 0 Å². The van der Waals surface area contributed by atoms with Gasteiger partial charge in [-0.2, -0.15) is 0 Å². The van der Waals surface area contributed by atoms with Crippen molar-refractivity contribution in [3.8, 4) is 5.75 Å². The highest BCUT2D eigenvalue weighted by molar-refractivity contribution is 5.22. The van der Waals surface area contributed by atoms with Crippen LogP contribution in [0.25, 0.3) is 0 Å². The van der Waals surface area contributed by atoms with E-state index < -0.39 is 5.60 Å². The first-order chi connectivity index (χ1) is 6.03. The number of ether oxygens (including phenoxy) is 1. The second-order valence-corrected chi connectivity index (χ2v) is 3.47. The number of benzene rings is 1. The molecule has 0 aliphatic heterocycles. The third-order valence-electron chi connectivity index (χ3n) is 1.59. The number of aliphatic hydroxyl groups excluding tert-OH is 1. The van der Waals surface area contributed by atoms with E-state index in [1.807, 2.05) is 0 Å². The number of aliphatic hydroxyl groups is 1. The molecule has 0 spiro atoms. The van der Waals surface area contributed by atoms with Gasteiger partial charge in [0.1, 0.15) is 17.2 Å². The average molecular weight is 184 g/mol. The summed E-state index contributed by atoms with van der Waals surface area (Å²) in [5, 5.41) is 8.91. The van der Waals surface area contributed by atoms with Gasteiger partial charge in [-0.3, -0.25) is 0 Å². The zero-order chi connectivity index (χ0) is 9.90. The summed E-state index contributed by atoms with van der Waals surface area (Å²) < 4.78 is 17.9. The van der Waals surface area contributed by atoms with Crippen molar-refractivity contribution in [2.45, 2.75) is 19.4 Å². The van der Waals surface area contributed by atoms with Gasteiger partial charge in [0, 0.05) is 0 Å². The predicted molar refractivity (Wildman–Crippen MR) is 48.2 cm³/mol. The lowest BCUT2D eigenvalue weighted by molar-refractivity contribution is 0.0412. The minimum atomic E-state index is -0.627. The maximum absolute atomic E-state index is 12.5. The van der Waals surface area contributed by atoms with Crippen molar-refractivity contribution in [3.05, 3.63) is 30.1 Å². The molecule has 1 aromatic rings. The molecule has 0 heterocycles. The van der Waals surface area contributed by atoms with Crippen LogP contribution in [-0.2, 0) is 0 Å². The smallest absolute Gasteiger partial charge is 0.126 e. The van der Waals surface area contributed by atoms with Gasteiger partial charge in [-0.05, 0) is 38.1 Å². The Morgan fingerprint density at radius 2 is 1.85 bits per heavy atom. The van der Waals surface area contributed by atoms with E-state index in [0.29, 0.717) is 5.75 Å². The van der Waals surface area contributed by atoms with E-state index >= 15 is 0 Å². The van der Waals surface area contributed by atoms with Crippen LogP contribution in [0.1, 0.15) is 13.8 Å². The Balaban J connectivity index is 2.69. The van der Waals surface area contributed by atoms with Crippen LogP contribution in [0.15, 0.2) is 24.3 Å². The Kier molecular flexibility index (Phi) is 2.88. The summed E-state index contributed by atoms with van der Waals surface area (Å²) in [4.78, 5) is 0. The maximum atomic E-state index is 12.5. The lowest BCUT2D eigenvalue weighted by Gasteiger charge is -2.23. The van der Waals surface area contributed by atoms with Gasteiger partial charge < -0.3 is 9.84 Å². The van der Waals surface area contributed by atoms with Gasteiger partial charge >= 0.3 is 0 Å². The molecule has 0 amide bonds. The molecule has 0 bridgehead atoms. The monoisotopic (exact) mass is 184 g/mol. The fourth-order valence-electron chi connectivity index (χ4n) is 0.854. The minimum absolute atomic E-state index is 0.0790. The van der Waals surface area contributed by atoms with Crippen molar-refractivity contribution in [3.63, 3.8) is 0 Å². The van der Waals surface area contributed by atoms with Gasteiger partial charge in [-0.25, -0.2) is 4.39 Å². The summed E-state index contributed by atoms with van der Waals surface area (Å²) in [5.74, 6) is 0.259. The largest absolute Gasteiger partial charge is 0.485 e. The van der Waals surface area contributed by atoms with Crippen molar-refractivity contribution in [2.75, 3.05) is 6.61 Å². The van der Waals surface area contributed by atoms with Crippen molar-refractivity contribution >= 4 is 0 Å². The normalized spacial score (nSPS) is 11.4. The van der Waals surface area contributed by atoms with Crippen molar-refractivity contribution < 1.29 is 14.2 Å². The lowest BCUT2D eigenvalue weighted by Crippen LogP contribution is -2.32. The van der Waals surface area contributed by atoms with Crippen LogP contribution in [0.5, 0.6) is 5.75 Å². The van der Waals surface area contributed by atoms with Gasteiger partial charge in [0.2, 0.25) is 0 Å². The van der Waals surface area contributed by atoms with Crippen LogP contribution in [0, 0.1) is 5.82 Å². The van der Waals surface area contributed by atoms with Crippen LogP contribution in [0.2, 0.25) is 0 Å². The molecule has 0 aliphatic carbocycles. The Bertz CT molecular complexity index is 267. The number of hydrogen-bond donors (Lipinski definition) is 1. The maximum Gasteiger partial charge on any atom is 0.126 e. The quantitative estimate of drug-likeness (QED) is 0.778. The fraction of sp³-hybridized carbons (Fsp3) is 0.400. The number of halogens is 1. The van der Waals surface area contributed by atoms with Gasteiger partial charge in [-0.1, -0.05) is 0 Å². The molecule has 1 rings (SSSR count). The van der Waals surface area contributed by atoms with Gasteiger partial charge in [0.15, 0.2) is 0 Å². The van der Waals surface area contributed by atoms with Gasteiger partial charge in [-0.15, -0.1) is 0 Å². The Labute approximate surface area is 77.0 Å². The molecule has 72 valence electrons. The second kappa shape index (κ2) is 3.75. The predicted octanol–water partition coefficient (Wildman–Crippen LogP) is 1.98. The highest BCUT2D eigenvalue weighted by Gasteiger charge is 2.17. The molecule has 0 aliphatic rings. The van der Waals surface area contributed by atoms with E-state index in [1.54, 1.807) is 13.8 Å². The summed E-state index contributed by atoms with van der Waals surface area (Å²) in [6.45, 7) is 3.44. The standard InChI is InChI=1S/C10H13FO2/c1-10(2,7-12)13-9-5-3-8(11)4-6-9/h3-6,12H,7H2,1-2H3. The number of hydrogen-bond acceptors (Lipinski definition) is 2. The molecule has 0 fully saturated rings. The summed E-state index contributed by atoms with van der Waals surface area (Å²) in [7, 11) is 0. The van der Waals surface area contributed by atoms with E-state index in [4.69, 9.17) is 9.84 Å². The van der Waals surface area contributed by atoms with E-state index in [1.165, 1.54) is 24.3 Å². The summed E-state index contributed by atoms with van der Waals surface area (Å²) in [5.41, 5.74) is -0.627. The van der Waals surface area contributed by atoms with E-state index in [-0.39, 0.29) is 12.4 Å². The third kappa shape index (κ3) is 3.03. The molecule has 0 saturated carbocycles. The van der Waals surface area contributed by atoms with E-state index in [9.17, 15) is 4.39 Å². The molecule has 1 aromatic carbocycles. The molecular weight excluding hydrogens is 171 g/mol. The molecule has 0 radical (unpaired) electrons. The van der Waals surface area contributed by atoms with Crippen LogP contribution in [0.4, 0.5) is 4.39 Å². The lowest BCUT2D eigenvalue weighted by atomic mass is 10.1. The van der Waals surface area contributed by atoms with Crippen LogP contribution >= 0.6 is 0 Å². The first kappa shape index (κ1) is 9.99. The molecule has 3 heteroatoms. The molecule has 0 saturated heterocycles. The fourth-order valence-corrected chi connectivity index (χ4v) is 0.854. The molecule has 0 aromatic heterocycles.